The molecule has 1 aliphatic rings. The fraction of sp³-hybridized carbons (Fsp3) is 0.688. The van der Waals surface area contributed by atoms with Gasteiger partial charge in [-0.15, -0.1) is 11.3 Å². The summed E-state index contributed by atoms with van der Waals surface area (Å²) in [5.74, 6) is 0.667. The van der Waals surface area contributed by atoms with Gasteiger partial charge >= 0.3 is 5.97 Å². The number of carbonyl (C=O) groups excluding carboxylic acids is 1. The van der Waals surface area contributed by atoms with Crippen LogP contribution in [0.2, 0.25) is 0 Å². The van der Waals surface area contributed by atoms with Crippen LogP contribution in [0.15, 0.2) is 12.1 Å². The molecule has 1 fully saturated rings. The molecule has 0 radical (unpaired) electrons. The standard InChI is InChI=1S/C16H25NO2S/c1-12(13-6-4-3-5-7-13)17-11-15-9-8-14(20-15)10-16(18)19-2/h8-9,12-13,17H,3-7,10-11H2,1-2H3/t12-/m0/s1. The summed E-state index contributed by atoms with van der Waals surface area (Å²) in [7, 11) is 1.43. The Morgan fingerprint density at radius 3 is 2.75 bits per heavy atom. The Morgan fingerprint density at radius 2 is 2.05 bits per heavy atom. The number of ether oxygens (including phenoxy) is 1. The lowest BCUT2D eigenvalue weighted by molar-refractivity contribution is -0.139. The van der Waals surface area contributed by atoms with E-state index < -0.39 is 0 Å². The lowest BCUT2D eigenvalue weighted by atomic mass is 9.84. The van der Waals surface area contributed by atoms with Gasteiger partial charge in [-0.25, -0.2) is 0 Å². The minimum Gasteiger partial charge on any atom is -0.469 e. The van der Waals surface area contributed by atoms with Gasteiger partial charge in [-0.2, -0.15) is 0 Å². The average molecular weight is 295 g/mol. The fourth-order valence-corrected chi connectivity index (χ4v) is 3.84. The van der Waals surface area contributed by atoms with Crippen LogP contribution in [0.3, 0.4) is 0 Å². The van der Waals surface area contributed by atoms with Crippen LogP contribution in [0, 0.1) is 5.92 Å². The number of esters is 1. The zero-order valence-corrected chi connectivity index (χ0v) is 13.3. The number of rotatable bonds is 6. The zero-order valence-electron chi connectivity index (χ0n) is 12.5. The van der Waals surface area contributed by atoms with Crippen LogP contribution in [0.25, 0.3) is 0 Å². The molecule has 1 aliphatic carbocycles. The Hall–Kier alpha value is -0.870. The van der Waals surface area contributed by atoms with Crippen LogP contribution in [-0.2, 0) is 22.5 Å². The molecule has 20 heavy (non-hydrogen) atoms. The van der Waals surface area contributed by atoms with Crippen molar-refractivity contribution in [3.63, 3.8) is 0 Å². The van der Waals surface area contributed by atoms with Gasteiger partial charge in [-0.1, -0.05) is 19.3 Å². The lowest BCUT2D eigenvalue weighted by Crippen LogP contribution is -2.33. The molecule has 0 spiro atoms. The van der Waals surface area contributed by atoms with Crippen molar-refractivity contribution in [3.8, 4) is 0 Å². The topological polar surface area (TPSA) is 38.3 Å². The molecule has 1 aromatic heterocycles. The molecule has 2 rings (SSSR count). The fourth-order valence-electron chi connectivity index (χ4n) is 2.89. The van der Waals surface area contributed by atoms with E-state index in [0.29, 0.717) is 12.5 Å². The summed E-state index contributed by atoms with van der Waals surface area (Å²) in [6, 6.07) is 4.73. The summed E-state index contributed by atoms with van der Waals surface area (Å²) in [6.45, 7) is 3.21. The largest absolute Gasteiger partial charge is 0.469 e. The van der Waals surface area contributed by atoms with E-state index >= 15 is 0 Å². The van der Waals surface area contributed by atoms with E-state index in [2.05, 4.69) is 18.3 Å². The van der Waals surface area contributed by atoms with Gasteiger partial charge in [0.1, 0.15) is 0 Å². The van der Waals surface area contributed by atoms with Gasteiger partial charge in [0.15, 0.2) is 0 Å². The molecule has 1 atom stereocenters. The quantitative estimate of drug-likeness (QED) is 0.816. The van der Waals surface area contributed by atoms with Crippen molar-refractivity contribution in [1.29, 1.82) is 0 Å². The minimum atomic E-state index is -0.165. The second-order valence-corrected chi connectivity index (χ2v) is 6.94. The van der Waals surface area contributed by atoms with Crippen molar-refractivity contribution in [1.82, 2.24) is 5.32 Å². The number of hydrogen-bond acceptors (Lipinski definition) is 4. The molecule has 4 heteroatoms. The SMILES string of the molecule is COC(=O)Cc1ccc(CN[C@@H](C)C2CCCCC2)s1. The van der Waals surface area contributed by atoms with Gasteiger partial charge in [0.2, 0.25) is 0 Å². The van der Waals surface area contributed by atoms with E-state index in [-0.39, 0.29) is 5.97 Å². The molecule has 0 aliphatic heterocycles. The molecule has 1 saturated carbocycles. The highest BCUT2D eigenvalue weighted by molar-refractivity contribution is 7.12. The molecular formula is C16H25NO2S. The van der Waals surface area contributed by atoms with E-state index in [4.69, 9.17) is 4.74 Å². The Balaban J connectivity index is 1.77. The smallest absolute Gasteiger partial charge is 0.310 e. The highest BCUT2D eigenvalue weighted by atomic mass is 32.1. The summed E-state index contributed by atoms with van der Waals surface area (Å²) in [5, 5.41) is 3.64. The van der Waals surface area contributed by atoms with Gasteiger partial charge in [-0.05, 0) is 37.8 Å². The number of nitrogens with one attached hydrogen (secondary N) is 1. The maximum absolute atomic E-state index is 11.2. The van der Waals surface area contributed by atoms with Gasteiger partial charge < -0.3 is 10.1 Å². The maximum atomic E-state index is 11.2. The third-order valence-corrected chi connectivity index (χ3v) is 5.30. The summed E-state index contributed by atoms with van der Waals surface area (Å²) in [4.78, 5) is 13.6. The predicted molar refractivity (Wildman–Crippen MR) is 82.9 cm³/mol. The van der Waals surface area contributed by atoms with E-state index in [0.717, 1.165) is 17.3 Å². The van der Waals surface area contributed by atoms with Crippen LogP contribution in [-0.4, -0.2) is 19.1 Å². The third-order valence-electron chi connectivity index (χ3n) is 4.22. The monoisotopic (exact) mass is 295 g/mol. The van der Waals surface area contributed by atoms with Crippen molar-refractivity contribution in [2.75, 3.05) is 7.11 Å². The molecule has 0 aromatic carbocycles. The molecule has 0 saturated heterocycles. The second-order valence-electron chi connectivity index (χ2n) is 5.69. The van der Waals surface area contributed by atoms with Crippen molar-refractivity contribution in [3.05, 3.63) is 21.9 Å². The normalized spacial score (nSPS) is 17.9. The second kappa shape index (κ2) is 7.79. The molecule has 1 N–H and O–H groups in total. The molecule has 0 bridgehead atoms. The van der Waals surface area contributed by atoms with Crippen LogP contribution in [0.5, 0.6) is 0 Å². The third kappa shape index (κ3) is 4.60. The number of carbonyl (C=O) groups is 1. The van der Waals surface area contributed by atoms with E-state index in [1.165, 1.54) is 44.1 Å². The molecule has 3 nitrogen and oxygen atoms in total. The van der Waals surface area contributed by atoms with Gasteiger partial charge in [-0.3, -0.25) is 4.79 Å². The van der Waals surface area contributed by atoms with Crippen molar-refractivity contribution >= 4 is 17.3 Å². The average Bonchev–Trinajstić information content (AvgIpc) is 2.93. The van der Waals surface area contributed by atoms with Crippen LogP contribution in [0.1, 0.15) is 48.8 Å². The predicted octanol–water partition coefficient (Wildman–Crippen LogP) is 3.52. The molecule has 112 valence electrons. The summed E-state index contributed by atoms with van der Waals surface area (Å²) in [6.07, 6.45) is 7.31. The van der Waals surface area contributed by atoms with Crippen molar-refractivity contribution in [2.24, 2.45) is 5.92 Å². The first kappa shape index (κ1) is 15.5. The molecule has 0 amide bonds. The van der Waals surface area contributed by atoms with Gasteiger partial charge in [0, 0.05) is 22.3 Å². The van der Waals surface area contributed by atoms with Crippen molar-refractivity contribution in [2.45, 2.75) is 58.0 Å². The van der Waals surface area contributed by atoms with E-state index in [1.54, 1.807) is 11.3 Å². The number of thiophene rings is 1. The lowest BCUT2D eigenvalue weighted by Gasteiger charge is -2.28. The van der Waals surface area contributed by atoms with E-state index in [1.807, 2.05) is 6.07 Å². The van der Waals surface area contributed by atoms with Crippen LogP contribution >= 0.6 is 11.3 Å². The minimum absolute atomic E-state index is 0.165. The maximum Gasteiger partial charge on any atom is 0.310 e. The van der Waals surface area contributed by atoms with E-state index in [9.17, 15) is 4.79 Å². The van der Waals surface area contributed by atoms with Gasteiger partial charge in [0.05, 0.1) is 13.5 Å². The Morgan fingerprint density at radius 1 is 1.35 bits per heavy atom. The Bertz CT molecular complexity index is 424. The molecule has 1 heterocycles. The first-order valence-corrected chi connectivity index (χ1v) is 8.38. The van der Waals surface area contributed by atoms with Gasteiger partial charge in [0.25, 0.3) is 0 Å². The molecule has 1 aromatic rings. The summed E-state index contributed by atoms with van der Waals surface area (Å²) >= 11 is 1.70. The van der Waals surface area contributed by atoms with Crippen LogP contribution in [0.4, 0.5) is 0 Å². The number of hydrogen-bond donors (Lipinski definition) is 1. The summed E-state index contributed by atoms with van der Waals surface area (Å²) in [5.41, 5.74) is 0. The highest BCUT2D eigenvalue weighted by Crippen LogP contribution is 2.26. The zero-order chi connectivity index (χ0) is 14.4. The Kier molecular flexibility index (Phi) is 6.05. The summed E-state index contributed by atoms with van der Waals surface area (Å²) < 4.78 is 4.69. The first-order chi connectivity index (χ1) is 9.69. The highest BCUT2D eigenvalue weighted by Gasteiger charge is 2.19. The van der Waals surface area contributed by atoms with Crippen molar-refractivity contribution < 1.29 is 9.53 Å². The molecular weight excluding hydrogens is 270 g/mol. The Labute approximate surface area is 125 Å². The first-order valence-electron chi connectivity index (χ1n) is 7.57. The van der Waals surface area contributed by atoms with Crippen LogP contribution < -0.4 is 5.32 Å². The number of methoxy groups -OCH3 is 1. The molecule has 0 unspecified atom stereocenters.